The number of aromatic nitrogens is 1. The van der Waals surface area contributed by atoms with Crippen molar-refractivity contribution in [2.75, 3.05) is 31.1 Å². The molecule has 0 bridgehead atoms. The Morgan fingerprint density at radius 1 is 1.53 bits per heavy atom. The highest BCUT2D eigenvalue weighted by Crippen LogP contribution is 2.22. The van der Waals surface area contributed by atoms with Crippen LogP contribution < -0.4 is 10.2 Å². The molecule has 0 saturated carbocycles. The quantitative estimate of drug-likeness (QED) is 0.721. The van der Waals surface area contributed by atoms with Crippen molar-refractivity contribution in [3.8, 4) is 0 Å². The molecule has 0 spiro atoms. The average molecular weight is 211 g/mol. The van der Waals surface area contributed by atoms with Crippen molar-refractivity contribution in [2.45, 2.75) is 6.92 Å². The van der Waals surface area contributed by atoms with Crippen LogP contribution in [0.5, 0.6) is 0 Å². The van der Waals surface area contributed by atoms with E-state index in [4.69, 9.17) is 9.63 Å². The summed E-state index contributed by atoms with van der Waals surface area (Å²) in [7, 11) is 0. The summed E-state index contributed by atoms with van der Waals surface area (Å²) in [6, 6.07) is 0. The van der Waals surface area contributed by atoms with Gasteiger partial charge in [0.15, 0.2) is 11.6 Å². The molecule has 0 aromatic carbocycles. The Bertz CT molecular complexity index is 369. The standard InChI is InChI=1S/C9H13N3O3/c1-6-7(9(13)14)8(11-15-6)12-4-2-10-3-5-12/h10H,2-5H2,1H3,(H,13,14). The number of carbonyl (C=O) groups is 1. The van der Waals surface area contributed by atoms with E-state index in [1.165, 1.54) is 0 Å². The third-order valence-corrected chi connectivity index (χ3v) is 2.48. The van der Waals surface area contributed by atoms with E-state index in [1.807, 2.05) is 4.90 Å². The molecule has 1 fully saturated rings. The first-order chi connectivity index (χ1) is 7.20. The highest BCUT2D eigenvalue weighted by molar-refractivity contribution is 5.94. The van der Waals surface area contributed by atoms with Gasteiger partial charge in [-0.3, -0.25) is 0 Å². The smallest absolute Gasteiger partial charge is 0.343 e. The number of anilines is 1. The van der Waals surface area contributed by atoms with Gasteiger partial charge < -0.3 is 19.8 Å². The molecular weight excluding hydrogens is 198 g/mol. The van der Waals surface area contributed by atoms with Crippen molar-refractivity contribution in [1.29, 1.82) is 0 Å². The van der Waals surface area contributed by atoms with Crippen molar-refractivity contribution in [1.82, 2.24) is 10.5 Å². The first-order valence-corrected chi connectivity index (χ1v) is 4.85. The average Bonchev–Trinajstić information content (AvgIpc) is 2.61. The summed E-state index contributed by atoms with van der Waals surface area (Å²) in [5.41, 5.74) is 0.178. The van der Waals surface area contributed by atoms with Crippen LogP contribution in [0.25, 0.3) is 0 Å². The van der Waals surface area contributed by atoms with Crippen molar-refractivity contribution in [2.24, 2.45) is 0 Å². The van der Waals surface area contributed by atoms with Crippen molar-refractivity contribution < 1.29 is 14.4 Å². The number of nitrogens with one attached hydrogen (secondary N) is 1. The second-order valence-electron chi connectivity index (χ2n) is 3.48. The van der Waals surface area contributed by atoms with E-state index in [0.717, 1.165) is 26.2 Å². The third kappa shape index (κ3) is 1.80. The van der Waals surface area contributed by atoms with Crippen LogP contribution in [0.4, 0.5) is 5.82 Å². The normalized spacial score (nSPS) is 16.7. The maximum Gasteiger partial charge on any atom is 0.343 e. The molecule has 2 heterocycles. The molecule has 82 valence electrons. The van der Waals surface area contributed by atoms with Crippen LogP contribution in [0.15, 0.2) is 4.52 Å². The van der Waals surface area contributed by atoms with Gasteiger partial charge in [0.1, 0.15) is 5.56 Å². The molecular formula is C9H13N3O3. The molecule has 2 rings (SSSR count). The first kappa shape index (κ1) is 9.97. The van der Waals surface area contributed by atoms with Crippen LogP contribution in [-0.4, -0.2) is 42.4 Å². The Morgan fingerprint density at radius 2 is 2.20 bits per heavy atom. The summed E-state index contributed by atoms with van der Waals surface area (Å²) in [6.45, 7) is 4.80. The minimum absolute atomic E-state index is 0.178. The van der Waals surface area contributed by atoms with E-state index in [2.05, 4.69) is 10.5 Å². The van der Waals surface area contributed by atoms with Gasteiger partial charge in [-0.05, 0) is 6.92 Å². The SMILES string of the molecule is Cc1onc(N2CCNCC2)c1C(=O)O. The van der Waals surface area contributed by atoms with Gasteiger partial charge in [-0.2, -0.15) is 0 Å². The minimum atomic E-state index is -0.984. The van der Waals surface area contributed by atoms with Gasteiger partial charge in [-0.25, -0.2) is 4.79 Å². The van der Waals surface area contributed by atoms with E-state index >= 15 is 0 Å². The monoisotopic (exact) mass is 211 g/mol. The van der Waals surface area contributed by atoms with E-state index in [9.17, 15) is 4.79 Å². The fraction of sp³-hybridized carbons (Fsp3) is 0.556. The Morgan fingerprint density at radius 3 is 2.80 bits per heavy atom. The van der Waals surface area contributed by atoms with Gasteiger partial charge in [0.2, 0.25) is 0 Å². The summed E-state index contributed by atoms with van der Waals surface area (Å²) in [4.78, 5) is 12.9. The number of aromatic carboxylic acids is 1. The van der Waals surface area contributed by atoms with Crippen molar-refractivity contribution >= 4 is 11.8 Å². The van der Waals surface area contributed by atoms with Gasteiger partial charge in [-0.1, -0.05) is 5.16 Å². The van der Waals surface area contributed by atoms with Crippen LogP contribution in [-0.2, 0) is 0 Å². The zero-order chi connectivity index (χ0) is 10.8. The zero-order valence-corrected chi connectivity index (χ0v) is 8.49. The van der Waals surface area contributed by atoms with E-state index in [0.29, 0.717) is 11.6 Å². The highest BCUT2D eigenvalue weighted by Gasteiger charge is 2.24. The van der Waals surface area contributed by atoms with E-state index in [1.54, 1.807) is 6.92 Å². The summed E-state index contributed by atoms with van der Waals surface area (Å²) in [6.07, 6.45) is 0. The zero-order valence-electron chi connectivity index (χ0n) is 8.49. The predicted molar refractivity (Wildman–Crippen MR) is 53.3 cm³/mol. The lowest BCUT2D eigenvalue weighted by Crippen LogP contribution is -2.44. The van der Waals surface area contributed by atoms with Gasteiger partial charge in [-0.15, -0.1) is 0 Å². The van der Waals surface area contributed by atoms with Crippen molar-refractivity contribution in [3.63, 3.8) is 0 Å². The fourth-order valence-corrected chi connectivity index (χ4v) is 1.70. The van der Waals surface area contributed by atoms with Gasteiger partial charge in [0.25, 0.3) is 0 Å². The van der Waals surface area contributed by atoms with Crippen LogP contribution in [0.2, 0.25) is 0 Å². The Hall–Kier alpha value is -1.56. The Kier molecular flexibility index (Phi) is 2.59. The molecule has 2 N–H and O–H groups in total. The molecule has 0 atom stereocenters. The molecule has 15 heavy (non-hydrogen) atoms. The number of hydrogen-bond acceptors (Lipinski definition) is 5. The molecule has 1 aliphatic heterocycles. The summed E-state index contributed by atoms with van der Waals surface area (Å²) in [5, 5.41) is 16.0. The first-order valence-electron chi connectivity index (χ1n) is 4.85. The van der Waals surface area contributed by atoms with Gasteiger partial charge in [0.05, 0.1) is 0 Å². The number of carboxylic acids is 1. The fourth-order valence-electron chi connectivity index (χ4n) is 1.70. The molecule has 6 nitrogen and oxygen atoms in total. The van der Waals surface area contributed by atoms with Gasteiger partial charge in [0, 0.05) is 26.2 Å². The molecule has 0 aliphatic carbocycles. The maximum atomic E-state index is 11.0. The Balaban J connectivity index is 2.30. The van der Waals surface area contributed by atoms with Crippen LogP contribution in [0.1, 0.15) is 16.1 Å². The lowest BCUT2D eigenvalue weighted by molar-refractivity contribution is 0.0695. The highest BCUT2D eigenvalue weighted by atomic mass is 16.5. The third-order valence-electron chi connectivity index (χ3n) is 2.48. The molecule has 0 radical (unpaired) electrons. The van der Waals surface area contributed by atoms with Crippen LogP contribution in [0.3, 0.4) is 0 Å². The maximum absolute atomic E-state index is 11.0. The van der Waals surface area contributed by atoms with Gasteiger partial charge >= 0.3 is 5.97 Å². The van der Waals surface area contributed by atoms with Crippen LogP contribution >= 0.6 is 0 Å². The second-order valence-corrected chi connectivity index (χ2v) is 3.48. The number of rotatable bonds is 2. The lowest BCUT2D eigenvalue weighted by Gasteiger charge is -2.27. The van der Waals surface area contributed by atoms with Crippen LogP contribution in [0, 0.1) is 6.92 Å². The summed E-state index contributed by atoms with van der Waals surface area (Å²) in [5.74, 6) is -0.181. The number of nitrogens with zero attached hydrogens (tertiary/aromatic N) is 2. The Labute approximate surface area is 86.8 Å². The van der Waals surface area contributed by atoms with E-state index in [-0.39, 0.29) is 5.56 Å². The number of aryl methyl sites for hydroxylation is 1. The topological polar surface area (TPSA) is 78.6 Å². The molecule has 1 saturated heterocycles. The molecule has 0 amide bonds. The van der Waals surface area contributed by atoms with E-state index < -0.39 is 5.97 Å². The number of hydrogen-bond donors (Lipinski definition) is 2. The lowest BCUT2D eigenvalue weighted by atomic mass is 10.2. The predicted octanol–water partition coefficient (Wildman–Crippen LogP) is 0.0908. The molecule has 1 aromatic heterocycles. The molecule has 6 heteroatoms. The second kappa shape index (κ2) is 3.90. The summed E-state index contributed by atoms with van der Waals surface area (Å²) >= 11 is 0. The van der Waals surface area contributed by atoms with Crippen molar-refractivity contribution in [3.05, 3.63) is 11.3 Å². The summed E-state index contributed by atoms with van der Waals surface area (Å²) < 4.78 is 4.92. The largest absolute Gasteiger partial charge is 0.477 e. The number of carboxylic acid groups (broad SMARTS) is 1. The molecule has 0 unspecified atom stereocenters. The molecule has 1 aromatic rings. The molecule has 1 aliphatic rings. The minimum Gasteiger partial charge on any atom is -0.477 e. The number of piperazine rings is 1.